The monoisotopic (exact) mass is 538 g/mol. The topological polar surface area (TPSA) is 126 Å². The molecule has 4 rings (SSSR count). The Morgan fingerprint density at radius 2 is 1.89 bits per heavy atom. The van der Waals surface area contributed by atoms with Crippen LogP contribution in [-0.2, 0) is 25.0 Å². The van der Waals surface area contributed by atoms with Crippen LogP contribution in [0.1, 0.15) is 31.2 Å². The molecular formula is C22H17F3N4O5S2. The van der Waals surface area contributed by atoms with Crippen molar-refractivity contribution in [3.05, 3.63) is 66.0 Å². The van der Waals surface area contributed by atoms with Crippen molar-refractivity contribution >= 4 is 50.5 Å². The normalized spacial score (nSPS) is 11.7. The fraction of sp³-hybridized carbons (Fsp3) is 0.227. The van der Waals surface area contributed by atoms with Gasteiger partial charge in [0.25, 0.3) is 5.56 Å². The minimum Gasteiger partial charge on any atom is -0.453 e. The van der Waals surface area contributed by atoms with Crippen LogP contribution in [0.4, 0.5) is 19.0 Å². The second-order valence-electron chi connectivity index (χ2n) is 7.73. The Hall–Kier alpha value is -3.78. The number of carbonyl (C=O) groups excluding carboxylic acids is 2. The summed E-state index contributed by atoms with van der Waals surface area (Å²) in [5.74, 6) is -2.43. The van der Waals surface area contributed by atoms with Crippen LogP contribution in [0.2, 0.25) is 0 Å². The molecule has 0 amide bonds. The van der Waals surface area contributed by atoms with Crippen LogP contribution < -0.4 is 17.0 Å². The van der Waals surface area contributed by atoms with Crippen LogP contribution >= 0.6 is 22.7 Å². The number of rotatable bonds is 5. The molecule has 36 heavy (non-hydrogen) atoms. The van der Waals surface area contributed by atoms with Gasteiger partial charge in [-0.1, -0.05) is 6.07 Å². The predicted octanol–water partition coefficient (Wildman–Crippen LogP) is 3.37. The lowest BCUT2D eigenvalue weighted by Gasteiger charge is -2.11. The molecule has 0 atom stereocenters. The van der Waals surface area contributed by atoms with E-state index in [1.165, 1.54) is 25.3 Å². The molecule has 4 aromatic rings. The van der Waals surface area contributed by atoms with Gasteiger partial charge in [-0.15, -0.1) is 22.7 Å². The zero-order valence-corrected chi connectivity index (χ0v) is 20.6. The van der Waals surface area contributed by atoms with Gasteiger partial charge in [0, 0.05) is 19.5 Å². The lowest BCUT2D eigenvalue weighted by molar-refractivity contribution is -0.136. The van der Waals surface area contributed by atoms with E-state index in [9.17, 15) is 32.3 Å². The fourth-order valence-corrected chi connectivity index (χ4v) is 5.39. The minimum absolute atomic E-state index is 0.00235. The molecule has 188 valence electrons. The van der Waals surface area contributed by atoms with Gasteiger partial charge in [0.1, 0.15) is 21.1 Å². The first-order chi connectivity index (χ1) is 16.8. The van der Waals surface area contributed by atoms with Gasteiger partial charge in [0.15, 0.2) is 6.61 Å². The van der Waals surface area contributed by atoms with E-state index < -0.39 is 52.7 Å². The van der Waals surface area contributed by atoms with Gasteiger partial charge < -0.3 is 10.5 Å². The molecule has 4 heterocycles. The fourth-order valence-electron chi connectivity index (χ4n) is 3.60. The number of nitrogens with two attached hydrogens (primary N) is 1. The number of fused-ring (bicyclic) bond motifs is 1. The lowest BCUT2D eigenvalue weighted by atomic mass is 10.1. The van der Waals surface area contributed by atoms with Gasteiger partial charge in [-0.3, -0.25) is 18.7 Å². The molecule has 0 saturated carbocycles. The first kappa shape index (κ1) is 25.3. The predicted molar refractivity (Wildman–Crippen MR) is 129 cm³/mol. The van der Waals surface area contributed by atoms with Gasteiger partial charge in [-0.2, -0.15) is 13.2 Å². The molecule has 0 aliphatic rings. The van der Waals surface area contributed by atoms with Crippen molar-refractivity contribution in [3.8, 4) is 10.6 Å². The zero-order valence-electron chi connectivity index (χ0n) is 18.9. The van der Waals surface area contributed by atoms with E-state index in [0.29, 0.717) is 20.8 Å². The van der Waals surface area contributed by atoms with E-state index in [0.717, 1.165) is 17.7 Å². The number of ether oxygens (including phenoxy) is 1. The average molecular weight is 539 g/mol. The maximum atomic E-state index is 13.9. The van der Waals surface area contributed by atoms with E-state index in [1.54, 1.807) is 17.5 Å². The third-order valence-electron chi connectivity index (χ3n) is 5.49. The summed E-state index contributed by atoms with van der Waals surface area (Å²) in [6.45, 7) is 0.420. The number of halogens is 3. The van der Waals surface area contributed by atoms with Crippen molar-refractivity contribution in [2.75, 3.05) is 12.3 Å². The molecule has 0 aliphatic heterocycles. The summed E-state index contributed by atoms with van der Waals surface area (Å²) in [6.07, 6.45) is -4.71. The summed E-state index contributed by atoms with van der Waals surface area (Å²) < 4.78 is 48.3. The molecule has 2 N–H and O–H groups in total. The Morgan fingerprint density at radius 1 is 1.19 bits per heavy atom. The number of pyridine rings is 1. The average Bonchev–Trinajstić information content (AvgIpc) is 3.47. The van der Waals surface area contributed by atoms with Gasteiger partial charge in [-0.25, -0.2) is 14.6 Å². The van der Waals surface area contributed by atoms with Crippen LogP contribution in [-0.4, -0.2) is 32.5 Å². The van der Waals surface area contributed by atoms with E-state index in [4.69, 9.17) is 10.5 Å². The molecule has 0 unspecified atom stereocenters. The van der Waals surface area contributed by atoms with Crippen LogP contribution in [0.3, 0.4) is 0 Å². The number of hydrogen-bond donors (Lipinski definition) is 1. The van der Waals surface area contributed by atoms with Crippen molar-refractivity contribution in [2.45, 2.75) is 13.1 Å². The summed E-state index contributed by atoms with van der Waals surface area (Å²) in [4.78, 5) is 54.3. The SMILES string of the molecule is Cc1c(C(=O)OCC(=O)c2c(N)n(C)c(=O)n(C)c2=O)sc2nc(-c3cccs3)cc(C(F)(F)F)c12. The summed E-state index contributed by atoms with van der Waals surface area (Å²) in [7, 11) is 2.42. The van der Waals surface area contributed by atoms with Gasteiger partial charge in [0.2, 0.25) is 5.78 Å². The summed E-state index contributed by atoms with van der Waals surface area (Å²) in [6, 6.07) is 4.25. The molecular weight excluding hydrogens is 521 g/mol. The van der Waals surface area contributed by atoms with Crippen LogP contribution in [0, 0.1) is 6.92 Å². The van der Waals surface area contributed by atoms with E-state index in [1.807, 2.05) is 0 Å². The molecule has 14 heteroatoms. The number of Topliss-reactive ketones (excluding diaryl/α,β-unsaturated/α-hetero) is 1. The highest BCUT2D eigenvalue weighted by Crippen LogP contribution is 2.42. The molecule has 4 aromatic heterocycles. The Bertz CT molecular complexity index is 1650. The molecule has 0 aliphatic carbocycles. The molecule has 0 radical (unpaired) electrons. The Kier molecular flexibility index (Phi) is 6.34. The zero-order chi connectivity index (χ0) is 26.5. The molecule has 0 fully saturated rings. The number of nitrogen functional groups attached to an aromatic ring is 1. The van der Waals surface area contributed by atoms with E-state index in [-0.39, 0.29) is 26.4 Å². The van der Waals surface area contributed by atoms with Crippen LogP contribution in [0.25, 0.3) is 20.8 Å². The van der Waals surface area contributed by atoms with E-state index in [2.05, 4.69) is 4.98 Å². The van der Waals surface area contributed by atoms with Crippen molar-refractivity contribution in [1.82, 2.24) is 14.1 Å². The number of aryl methyl sites for hydroxylation is 1. The highest BCUT2D eigenvalue weighted by molar-refractivity contribution is 7.20. The van der Waals surface area contributed by atoms with Crippen LogP contribution in [0.15, 0.2) is 33.2 Å². The first-order valence-corrected chi connectivity index (χ1v) is 11.8. The number of alkyl halides is 3. The lowest BCUT2D eigenvalue weighted by Crippen LogP contribution is -2.42. The van der Waals surface area contributed by atoms with Crippen LogP contribution in [0.5, 0.6) is 0 Å². The Balaban J connectivity index is 1.70. The maximum Gasteiger partial charge on any atom is 0.417 e. The first-order valence-electron chi connectivity index (χ1n) is 10.1. The summed E-state index contributed by atoms with van der Waals surface area (Å²) >= 11 is 1.93. The molecule has 0 saturated heterocycles. The van der Waals surface area contributed by atoms with Crippen molar-refractivity contribution < 1.29 is 27.5 Å². The number of nitrogens with zero attached hydrogens (tertiary/aromatic N) is 3. The third-order valence-corrected chi connectivity index (χ3v) is 7.55. The maximum absolute atomic E-state index is 13.9. The van der Waals surface area contributed by atoms with Gasteiger partial charge in [0.05, 0.1) is 16.1 Å². The molecule has 9 nitrogen and oxygen atoms in total. The Labute approximate surface area is 208 Å². The summed E-state index contributed by atoms with van der Waals surface area (Å²) in [5.41, 5.74) is 2.66. The number of ketones is 1. The van der Waals surface area contributed by atoms with Gasteiger partial charge in [-0.05, 0) is 30.0 Å². The van der Waals surface area contributed by atoms with Gasteiger partial charge >= 0.3 is 17.8 Å². The molecule has 0 aromatic carbocycles. The number of anilines is 1. The second kappa shape index (κ2) is 9.02. The number of esters is 1. The Morgan fingerprint density at radius 3 is 2.50 bits per heavy atom. The number of thiophene rings is 2. The number of aromatic nitrogens is 3. The standard InChI is InChI=1S/C22H17F3N4O5S2/c1-9-14-10(22(23,24)25)7-11(13-5-4-6-35-13)27-18(14)36-16(9)20(32)34-8-12(30)15-17(26)28(2)21(33)29(3)19(15)31/h4-7H,8,26H2,1-3H3. The van der Waals surface area contributed by atoms with E-state index >= 15 is 0 Å². The number of hydrogen-bond acceptors (Lipinski definition) is 9. The largest absolute Gasteiger partial charge is 0.453 e. The van der Waals surface area contributed by atoms with Crippen molar-refractivity contribution in [1.29, 1.82) is 0 Å². The third kappa shape index (κ3) is 4.22. The summed E-state index contributed by atoms with van der Waals surface area (Å²) in [5, 5.41) is 1.47. The minimum atomic E-state index is -4.71. The quantitative estimate of drug-likeness (QED) is 0.305. The molecule has 0 bridgehead atoms. The van der Waals surface area contributed by atoms with Crippen molar-refractivity contribution in [2.24, 2.45) is 14.1 Å². The highest BCUT2D eigenvalue weighted by Gasteiger charge is 2.36. The highest BCUT2D eigenvalue weighted by atomic mass is 32.1. The van der Waals surface area contributed by atoms with Crippen molar-refractivity contribution in [3.63, 3.8) is 0 Å². The molecule has 0 spiro atoms. The second-order valence-corrected chi connectivity index (χ2v) is 9.68. The number of carbonyl (C=O) groups is 2. The smallest absolute Gasteiger partial charge is 0.417 e.